The average molecular weight is 481 g/mol. The summed E-state index contributed by atoms with van der Waals surface area (Å²) in [5.74, 6) is 1.63. The summed E-state index contributed by atoms with van der Waals surface area (Å²) in [4.78, 5) is 42.3. The van der Waals surface area contributed by atoms with Crippen LogP contribution < -0.4 is 4.90 Å². The van der Waals surface area contributed by atoms with Crippen molar-refractivity contribution in [2.24, 2.45) is 0 Å². The van der Waals surface area contributed by atoms with Crippen LogP contribution in [0.5, 0.6) is 0 Å². The van der Waals surface area contributed by atoms with Crippen LogP contribution in [-0.4, -0.2) is 68.7 Å². The average Bonchev–Trinajstić information content (AvgIpc) is 3.58. The summed E-state index contributed by atoms with van der Waals surface area (Å²) in [6.07, 6.45) is 5.46. The van der Waals surface area contributed by atoms with Gasteiger partial charge in [-0.3, -0.25) is 9.59 Å². The molecule has 0 spiro atoms. The molecular weight excluding hydrogens is 452 g/mol. The zero-order chi connectivity index (χ0) is 24.5. The van der Waals surface area contributed by atoms with E-state index in [-0.39, 0.29) is 17.9 Å². The number of anilines is 1. The topological polar surface area (TPSA) is 74.1 Å². The molecule has 1 atom stereocenters. The number of fused-ring (bicyclic) bond motifs is 1. The number of aromatic nitrogens is 3. The molecule has 0 saturated carbocycles. The molecule has 3 aromatic heterocycles. The molecule has 8 nitrogen and oxygen atoms in total. The summed E-state index contributed by atoms with van der Waals surface area (Å²) in [7, 11) is 0. The second-order valence-electron chi connectivity index (χ2n) is 9.26. The number of hydrogen-bond acceptors (Lipinski definition) is 5. The van der Waals surface area contributed by atoms with Gasteiger partial charge in [-0.25, -0.2) is 9.97 Å². The third kappa shape index (κ3) is 3.98. The summed E-state index contributed by atoms with van der Waals surface area (Å²) in [6, 6.07) is 20.9. The van der Waals surface area contributed by atoms with Gasteiger partial charge in [-0.15, -0.1) is 0 Å². The van der Waals surface area contributed by atoms with Gasteiger partial charge in [0.15, 0.2) is 5.69 Å². The number of amides is 2. The lowest BCUT2D eigenvalue weighted by Crippen LogP contribution is -2.49. The minimum Gasteiger partial charge on any atom is -0.353 e. The van der Waals surface area contributed by atoms with E-state index in [0.717, 1.165) is 43.1 Å². The molecule has 0 aliphatic carbocycles. The zero-order valence-electron chi connectivity index (χ0n) is 20.0. The quantitative estimate of drug-likeness (QED) is 0.446. The van der Waals surface area contributed by atoms with Gasteiger partial charge in [0.25, 0.3) is 11.8 Å². The van der Waals surface area contributed by atoms with E-state index in [2.05, 4.69) is 9.88 Å². The molecule has 6 rings (SSSR count). The minimum atomic E-state index is -0.171. The van der Waals surface area contributed by atoms with Crippen LogP contribution in [0.2, 0.25) is 0 Å². The lowest BCUT2D eigenvalue weighted by atomic mass is 10.1. The van der Waals surface area contributed by atoms with Gasteiger partial charge in [0.1, 0.15) is 11.6 Å². The SMILES string of the molecule is O=C(c1nc(C2CCCN2C(=O)c2ccccc2)n2ccccc12)N1CCN(c2ccccn2)CC1. The highest BCUT2D eigenvalue weighted by atomic mass is 16.2. The van der Waals surface area contributed by atoms with Crippen LogP contribution in [0.3, 0.4) is 0 Å². The number of likely N-dealkylation sites (tertiary alicyclic amines) is 1. The number of benzene rings is 1. The van der Waals surface area contributed by atoms with Gasteiger partial charge >= 0.3 is 0 Å². The number of rotatable bonds is 4. The van der Waals surface area contributed by atoms with Gasteiger partial charge in [-0.2, -0.15) is 0 Å². The van der Waals surface area contributed by atoms with Gasteiger partial charge in [-0.1, -0.05) is 30.3 Å². The molecule has 2 aliphatic heterocycles. The summed E-state index contributed by atoms with van der Waals surface area (Å²) in [6.45, 7) is 3.35. The summed E-state index contributed by atoms with van der Waals surface area (Å²) in [5, 5.41) is 0. The van der Waals surface area contributed by atoms with Crippen molar-refractivity contribution in [3.8, 4) is 0 Å². The molecule has 0 bridgehead atoms. The lowest BCUT2D eigenvalue weighted by molar-refractivity contribution is 0.0729. The highest BCUT2D eigenvalue weighted by molar-refractivity contribution is 5.99. The molecule has 1 aromatic carbocycles. The van der Waals surface area contributed by atoms with Crippen molar-refractivity contribution in [3.05, 3.63) is 96.2 Å². The molecule has 2 saturated heterocycles. The molecule has 8 heteroatoms. The molecule has 0 N–H and O–H groups in total. The van der Waals surface area contributed by atoms with Crippen LogP contribution >= 0.6 is 0 Å². The van der Waals surface area contributed by atoms with Crippen molar-refractivity contribution >= 4 is 23.1 Å². The van der Waals surface area contributed by atoms with E-state index in [0.29, 0.717) is 30.9 Å². The molecule has 1 unspecified atom stereocenters. The fourth-order valence-corrected chi connectivity index (χ4v) is 5.31. The Labute approximate surface area is 209 Å². The number of piperazine rings is 1. The predicted molar refractivity (Wildman–Crippen MR) is 137 cm³/mol. The maximum absolute atomic E-state index is 13.7. The van der Waals surface area contributed by atoms with Gasteiger partial charge in [0, 0.05) is 50.7 Å². The number of pyridine rings is 2. The summed E-state index contributed by atoms with van der Waals surface area (Å²) < 4.78 is 1.98. The third-order valence-electron chi connectivity index (χ3n) is 7.15. The van der Waals surface area contributed by atoms with Gasteiger partial charge in [0.05, 0.1) is 11.6 Å². The first-order chi connectivity index (χ1) is 17.7. The number of hydrogen-bond donors (Lipinski definition) is 0. The van der Waals surface area contributed by atoms with E-state index in [1.54, 1.807) is 6.20 Å². The van der Waals surface area contributed by atoms with Crippen molar-refractivity contribution in [2.75, 3.05) is 37.6 Å². The van der Waals surface area contributed by atoms with E-state index >= 15 is 0 Å². The van der Waals surface area contributed by atoms with Crippen LogP contribution in [-0.2, 0) is 0 Å². The maximum Gasteiger partial charge on any atom is 0.274 e. The van der Waals surface area contributed by atoms with Crippen molar-refractivity contribution in [3.63, 3.8) is 0 Å². The first kappa shape index (κ1) is 22.3. The molecule has 182 valence electrons. The first-order valence-corrected chi connectivity index (χ1v) is 12.5. The Hall–Kier alpha value is -4.20. The Kier molecular flexibility index (Phi) is 5.85. The van der Waals surface area contributed by atoms with Crippen molar-refractivity contribution in [1.29, 1.82) is 0 Å². The number of carbonyl (C=O) groups is 2. The Balaban J connectivity index is 1.27. The molecule has 2 fully saturated rings. The summed E-state index contributed by atoms with van der Waals surface area (Å²) >= 11 is 0. The molecule has 2 aliphatic rings. The van der Waals surface area contributed by atoms with Crippen molar-refractivity contribution < 1.29 is 9.59 Å². The van der Waals surface area contributed by atoms with Crippen molar-refractivity contribution in [1.82, 2.24) is 24.2 Å². The minimum absolute atomic E-state index is 0.00398. The van der Waals surface area contributed by atoms with Gasteiger partial charge < -0.3 is 19.1 Å². The van der Waals surface area contributed by atoms with Crippen LogP contribution in [0.25, 0.3) is 5.52 Å². The fraction of sp³-hybridized carbons (Fsp3) is 0.286. The van der Waals surface area contributed by atoms with Crippen LogP contribution in [0, 0.1) is 0 Å². The molecule has 36 heavy (non-hydrogen) atoms. The fourth-order valence-electron chi connectivity index (χ4n) is 5.31. The number of carbonyl (C=O) groups excluding carboxylic acids is 2. The van der Waals surface area contributed by atoms with E-state index < -0.39 is 0 Å². The maximum atomic E-state index is 13.7. The van der Waals surface area contributed by atoms with Crippen LogP contribution in [0.1, 0.15) is 45.6 Å². The second kappa shape index (κ2) is 9.45. The highest BCUT2D eigenvalue weighted by Crippen LogP contribution is 2.34. The lowest BCUT2D eigenvalue weighted by Gasteiger charge is -2.35. The monoisotopic (exact) mass is 480 g/mol. The normalized spacial score (nSPS) is 18.1. The number of nitrogens with zero attached hydrogens (tertiary/aromatic N) is 6. The third-order valence-corrected chi connectivity index (χ3v) is 7.15. The second-order valence-corrected chi connectivity index (χ2v) is 9.26. The Morgan fingerprint density at radius 2 is 1.58 bits per heavy atom. The van der Waals surface area contributed by atoms with Gasteiger partial charge in [-0.05, 0) is 49.2 Å². The smallest absolute Gasteiger partial charge is 0.274 e. The Morgan fingerprint density at radius 1 is 0.806 bits per heavy atom. The number of imidazole rings is 1. The molecule has 0 radical (unpaired) electrons. The Morgan fingerprint density at radius 3 is 2.36 bits per heavy atom. The summed E-state index contributed by atoms with van der Waals surface area (Å²) in [5.41, 5.74) is 1.91. The standard InChI is InChI=1S/C28H28N6O2/c35-27(21-9-2-1-3-10-21)34-16-8-12-23(34)26-30-25(22-11-5-7-15-33(22)26)28(36)32-19-17-31(18-20-32)24-13-4-6-14-29-24/h1-7,9-11,13-15,23H,8,12,16-20H2. The Bertz CT molecular complexity index is 1380. The van der Waals surface area contributed by atoms with E-state index in [4.69, 9.17) is 4.98 Å². The molecule has 5 heterocycles. The first-order valence-electron chi connectivity index (χ1n) is 12.5. The van der Waals surface area contributed by atoms with Gasteiger partial charge in [0.2, 0.25) is 0 Å². The largest absolute Gasteiger partial charge is 0.353 e. The van der Waals surface area contributed by atoms with Crippen LogP contribution in [0.4, 0.5) is 5.82 Å². The predicted octanol–water partition coefficient (Wildman–Crippen LogP) is 3.67. The van der Waals surface area contributed by atoms with E-state index in [9.17, 15) is 9.59 Å². The molecular formula is C28H28N6O2. The highest BCUT2D eigenvalue weighted by Gasteiger charge is 2.35. The molecule has 2 amide bonds. The van der Waals surface area contributed by atoms with Crippen molar-refractivity contribution in [2.45, 2.75) is 18.9 Å². The van der Waals surface area contributed by atoms with E-state index in [1.807, 2.05) is 87.1 Å². The van der Waals surface area contributed by atoms with E-state index in [1.165, 1.54) is 0 Å². The van der Waals surface area contributed by atoms with Crippen LogP contribution in [0.15, 0.2) is 79.1 Å². The molecule has 4 aromatic rings. The zero-order valence-corrected chi connectivity index (χ0v) is 20.0.